The van der Waals surface area contributed by atoms with E-state index in [1.807, 2.05) is 42.5 Å². The summed E-state index contributed by atoms with van der Waals surface area (Å²) in [6.07, 6.45) is 0. The van der Waals surface area contributed by atoms with Crippen LogP contribution in [0.1, 0.15) is 0 Å². The predicted molar refractivity (Wildman–Crippen MR) is 71.7 cm³/mol. The Kier molecular flexibility index (Phi) is 3.43. The van der Waals surface area contributed by atoms with E-state index >= 15 is 0 Å². The maximum absolute atomic E-state index is 10.4. The zero-order chi connectivity index (χ0) is 13.0. The summed E-state index contributed by atoms with van der Waals surface area (Å²) in [6.45, 7) is -0.344. The van der Waals surface area contributed by atoms with E-state index < -0.39 is 5.97 Å². The number of hydrogen-bond acceptors (Lipinski definition) is 2. The van der Waals surface area contributed by atoms with Crippen LogP contribution >= 0.6 is 0 Å². The molecule has 0 amide bonds. The van der Waals surface area contributed by atoms with E-state index in [0.29, 0.717) is 0 Å². The predicted octanol–water partition coefficient (Wildman–Crippen LogP) is 1.65. The van der Waals surface area contributed by atoms with E-state index in [1.165, 1.54) is 0 Å². The monoisotopic (exact) mass is 243 g/mol. The number of nitrogens with zero attached hydrogens (tertiary/aromatic N) is 1. The minimum Gasteiger partial charge on any atom is -0.480 e. The van der Waals surface area contributed by atoms with Crippen molar-refractivity contribution in [2.75, 3.05) is 11.9 Å². The topological polar surface area (TPSA) is 87.7 Å². The average molecular weight is 243 g/mol. The normalized spacial score (nSPS) is 11.4. The number of fused-ring (bicyclic) bond motifs is 1. The van der Waals surface area contributed by atoms with Gasteiger partial charge in [0.2, 0.25) is 0 Å². The molecular weight excluding hydrogens is 230 g/mol. The lowest BCUT2D eigenvalue weighted by Crippen LogP contribution is -2.24. The molecule has 0 radical (unpaired) electrons. The fourth-order valence-electron chi connectivity index (χ4n) is 1.66. The fourth-order valence-corrected chi connectivity index (χ4v) is 1.66. The van der Waals surface area contributed by atoms with Crippen molar-refractivity contribution in [1.82, 2.24) is 0 Å². The highest BCUT2D eigenvalue weighted by atomic mass is 16.4. The van der Waals surface area contributed by atoms with E-state index in [4.69, 9.17) is 10.8 Å². The molecule has 5 heteroatoms. The molecule has 0 unspecified atom stereocenters. The molecule has 2 aromatic carbocycles. The van der Waals surface area contributed by atoms with Gasteiger partial charge in [0.25, 0.3) is 0 Å². The number of benzene rings is 2. The standard InChI is InChI=1S/C13H13N3O2/c14-13(15-8-12(17)18)16-11-7-3-5-9-4-1-2-6-10(9)11/h1-7H,8H2,(H,17,18)(H3,14,15,16). The van der Waals surface area contributed by atoms with Crippen LogP contribution in [-0.4, -0.2) is 23.6 Å². The molecule has 0 saturated heterocycles. The van der Waals surface area contributed by atoms with Crippen molar-refractivity contribution in [3.05, 3.63) is 42.5 Å². The Labute approximate surface area is 104 Å². The molecule has 5 nitrogen and oxygen atoms in total. The van der Waals surface area contributed by atoms with Crippen molar-refractivity contribution in [2.45, 2.75) is 0 Å². The number of carbonyl (C=O) groups is 1. The van der Waals surface area contributed by atoms with Crippen LogP contribution in [-0.2, 0) is 4.79 Å². The molecule has 0 fully saturated rings. The Morgan fingerprint density at radius 1 is 1.22 bits per heavy atom. The Hall–Kier alpha value is -2.56. The van der Waals surface area contributed by atoms with Gasteiger partial charge in [-0.15, -0.1) is 0 Å². The molecule has 0 aliphatic heterocycles. The smallest absolute Gasteiger partial charge is 0.325 e. The number of carboxylic acids is 1. The number of anilines is 1. The molecule has 0 spiro atoms. The van der Waals surface area contributed by atoms with Gasteiger partial charge in [-0.25, -0.2) is 4.99 Å². The van der Waals surface area contributed by atoms with E-state index in [-0.39, 0.29) is 12.5 Å². The van der Waals surface area contributed by atoms with E-state index in [9.17, 15) is 4.79 Å². The third kappa shape index (κ3) is 2.76. The number of nitrogens with one attached hydrogen (secondary N) is 1. The molecule has 0 aliphatic carbocycles. The van der Waals surface area contributed by atoms with Gasteiger partial charge in [0.1, 0.15) is 6.54 Å². The number of aliphatic carboxylic acids is 1. The molecule has 0 heterocycles. The van der Waals surface area contributed by atoms with Gasteiger partial charge < -0.3 is 16.2 Å². The van der Waals surface area contributed by atoms with Crippen LogP contribution in [0.25, 0.3) is 10.8 Å². The highest BCUT2D eigenvalue weighted by molar-refractivity contribution is 6.03. The van der Waals surface area contributed by atoms with Crippen LogP contribution < -0.4 is 11.1 Å². The third-order valence-corrected chi connectivity index (χ3v) is 2.44. The molecule has 0 atom stereocenters. The first kappa shape index (κ1) is 11.9. The number of rotatable bonds is 3. The van der Waals surface area contributed by atoms with E-state index in [1.54, 1.807) is 0 Å². The number of hydrogen-bond donors (Lipinski definition) is 3. The molecule has 0 saturated carbocycles. The number of guanidine groups is 1. The van der Waals surface area contributed by atoms with Crippen LogP contribution in [0.5, 0.6) is 0 Å². The third-order valence-electron chi connectivity index (χ3n) is 2.44. The second kappa shape index (κ2) is 5.18. The molecule has 0 bridgehead atoms. The van der Waals surface area contributed by atoms with Crippen molar-refractivity contribution >= 4 is 28.4 Å². The molecule has 2 rings (SSSR count). The van der Waals surface area contributed by atoms with Gasteiger partial charge in [-0.05, 0) is 11.5 Å². The molecule has 2 aromatic rings. The molecule has 92 valence electrons. The Morgan fingerprint density at radius 3 is 2.72 bits per heavy atom. The van der Waals surface area contributed by atoms with Gasteiger partial charge in [-0.1, -0.05) is 36.4 Å². The number of carboxylic acid groups (broad SMARTS) is 1. The Balaban J connectivity index is 2.26. The Morgan fingerprint density at radius 2 is 1.94 bits per heavy atom. The molecular formula is C13H13N3O2. The first-order valence-corrected chi connectivity index (χ1v) is 5.43. The highest BCUT2D eigenvalue weighted by Crippen LogP contribution is 2.22. The lowest BCUT2D eigenvalue weighted by Gasteiger charge is -2.08. The highest BCUT2D eigenvalue weighted by Gasteiger charge is 2.01. The molecule has 4 N–H and O–H groups in total. The SMILES string of the molecule is NC(=NCC(=O)O)Nc1cccc2ccccc12. The maximum Gasteiger partial charge on any atom is 0.325 e. The van der Waals surface area contributed by atoms with Crippen molar-refractivity contribution in [3.63, 3.8) is 0 Å². The van der Waals surface area contributed by atoms with Crippen LogP contribution in [0.4, 0.5) is 5.69 Å². The van der Waals surface area contributed by atoms with Gasteiger partial charge >= 0.3 is 5.97 Å². The Bertz CT molecular complexity index is 603. The minimum atomic E-state index is -1.02. The van der Waals surface area contributed by atoms with Gasteiger partial charge in [-0.2, -0.15) is 0 Å². The summed E-state index contributed by atoms with van der Waals surface area (Å²) in [7, 11) is 0. The molecule has 18 heavy (non-hydrogen) atoms. The second-order valence-electron chi connectivity index (χ2n) is 3.75. The van der Waals surface area contributed by atoms with Crippen molar-refractivity contribution in [2.24, 2.45) is 10.7 Å². The lowest BCUT2D eigenvalue weighted by atomic mass is 10.1. The number of aliphatic imine (C=N–C) groups is 1. The summed E-state index contributed by atoms with van der Waals surface area (Å²) in [6, 6.07) is 13.6. The lowest BCUT2D eigenvalue weighted by molar-refractivity contribution is -0.135. The maximum atomic E-state index is 10.4. The summed E-state index contributed by atoms with van der Waals surface area (Å²) in [4.78, 5) is 14.1. The first-order chi connectivity index (χ1) is 8.66. The zero-order valence-corrected chi connectivity index (χ0v) is 9.63. The van der Waals surface area contributed by atoms with Gasteiger partial charge in [0.05, 0.1) is 0 Å². The quantitative estimate of drug-likeness (QED) is 0.565. The summed E-state index contributed by atoms with van der Waals surface area (Å²) in [5.41, 5.74) is 6.43. The van der Waals surface area contributed by atoms with Crippen LogP contribution in [0.2, 0.25) is 0 Å². The summed E-state index contributed by atoms with van der Waals surface area (Å²) < 4.78 is 0. The minimum absolute atomic E-state index is 0.0914. The summed E-state index contributed by atoms with van der Waals surface area (Å²) >= 11 is 0. The molecule has 0 aliphatic rings. The average Bonchev–Trinajstić information content (AvgIpc) is 2.37. The zero-order valence-electron chi connectivity index (χ0n) is 9.63. The largest absolute Gasteiger partial charge is 0.480 e. The summed E-state index contributed by atoms with van der Waals surface area (Å²) in [5, 5.41) is 13.5. The molecule has 0 aromatic heterocycles. The van der Waals surface area contributed by atoms with E-state index in [2.05, 4.69) is 10.3 Å². The first-order valence-electron chi connectivity index (χ1n) is 5.43. The van der Waals surface area contributed by atoms with Crippen molar-refractivity contribution in [3.8, 4) is 0 Å². The van der Waals surface area contributed by atoms with E-state index in [0.717, 1.165) is 16.5 Å². The van der Waals surface area contributed by atoms with Gasteiger partial charge in [-0.3, -0.25) is 4.79 Å². The van der Waals surface area contributed by atoms with Crippen LogP contribution in [0.15, 0.2) is 47.5 Å². The van der Waals surface area contributed by atoms with Crippen LogP contribution in [0, 0.1) is 0 Å². The van der Waals surface area contributed by atoms with Gasteiger partial charge in [0.15, 0.2) is 5.96 Å². The number of nitrogens with two attached hydrogens (primary N) is 1. The second-order valence-corrected chi connectivity index (χ2v) is 3.75. The van der Waals surface area contributed by atoms with Crippen molar-refractivity contribution < 1.29 is 9.90 Å². The fraction of sp³-hybridized carbons (Fsp3) is 0.0769. The summed E-state index contributed by atoms with van der Waals surface area (Å²) in [5.74, 6) is -0.925. The van der Waals surface area contributed by atoms with Gasteiger partial charge in [0, 0.05) is 11.1 Å². The van der Waals surface area contributed by atoms with Crippen molar-refractivity contribution in [1.29, 1.82) is 0 Å². The van der Waals surface area contributed by atoms with Crippen LogP contribution in [0.3, 0.4) is 0 Å².